The third-order valence-corrected chi connectivity index (χ3v) is 2.01. The first-order chi connectivity index (χ1) is 7.07. The zero-order valence-corrected chi connectivity index (χ0v) is 8.12. The first kappa shape index (κ1) is 11.5. The van der Waals surface area contributed by atoms with E-state index in [2.05, 4.69) is 0 Å². The predicted molar refractivity (Wildman–Crippen MR) is 51.6 cm³/mol. The minimum absolute atomic E-state index is 0.245. The molecular formula is C10H12O5. The Balaban J connectivity index is 2.99. The number of aliphatic carboxylic acids is 1. The zero-order chi connectivity index (χ0) is 11.4. The van der Waals surface area contributed by atoms with Crippen LogP contribution in [0.5, 0.6) is 5.75 Å². The lowest BCUT2D eigenvalue weighted by Gasteiger charge is -2.16. The Morgan fingerprint density at radius 3 is 2.47 bits per heavy atom. The second-order valence-electron chi connectivity index (χ2n) is 2.97. The van der Waals surface area contributed by atoms with Gasteiger partial charge in [-0.05, 0) is 6.07 Å². The number of rotatable bonds is 4. The van der Waals surface area contributed by atoms with Crippen molar-refractivity contribution < 1.29 is 24.9 Å². The smallest absolute Gasteiger partial charge is 0.335 e. The van der Waals surface area contributed by atoms with Gasteiger partial charge in [-0.15, -0.1) is 0 Å². The second-order valence-corrected chi connectivity index (χ2v) is 2.97. The maximum Gasteiger partial charge on any atom is 0.335 e. The number of aliphatic hydroxyl groups excluding tert-OH is 2. The van der Waals surface area contributed by atoms with Crippen LogP contribution in [-0.2, 0) is 4.79 Å². The van der Waals surface area contributed by atoms with Crippen LogP contribution in [0.4, 0.5) is 0 Å². The van der Waals surface area contributed by atoms with Gasteiger partial charge in [0.05, 0.1) is 7.11 Å². The number of carboxylic acids is 1. The van der Waals surface area contributed by atoms with Gasteiger partial charge in [0.2, 0.25) is 0 Å². The summed E-state index contributed by atoms with van der Waals surface area (Å²) >= 11 is 0. The maximum absolute atomic E-state index is 10.5. The van der Waals surface area contributed by atoms with E-state index >= 15 is 0 Å². The van der Waals surface area contributed by atoms with Crippen LogP contribution < -0.4 is 4.74 Å². The molecule has 0 radical (unpaired) electrons. The van der Waals surface area contributed by atoms with E-state index < -0.39 is 18.2 Å². The normalized spacial score (nSPS) is 14.3. The number of benzene rings is 1. The van der Waals surface area contributed by atoms with Crippen LogP contribution in [0, 0.1) is 0 Å². The Kier molecular flexibility index (Phi) is 3.65. The molecule has 0 bridgehead atoms. The molecule has 0 spiro atoms. The molecule has 1 aromatic rings. The van der Waals surface area contributed by atoms with E-state index in [0.717, 1.165) is 0 Å². The minimum Gasteiger partial charge on any atom is -0.496 e. The van der Waals surface area contributed by atoms with Gasteiger partial charge in [0.1, 0.15) is 11.9 Å². The second kappa shape index (κ2) is 4.77. The molecule has 2 atom stereocenters. The zero-order valence-electron chi connectivity index (χ0n) is 8.12. The van der Waals surface area contributed by atoms with Crippen molar-refractivity contribution in [1.29, 1.82) is 0 Å². The van der Waals surface area contributed by atoms with Crippen LogP contribution in [0.15, 0.2) is 24.3 Å². The number of carbonyl (C=O) groups is 1. The fourth-order valence-electron chi connectivity index (χ4n) is 1.22. The summed E-state index contributed by atoms with van der Waals surface area (Å²) < 4.78 is 4.93. The van der Waals surface area contributed by atoms with Crippen molar-refractivity contribution in [2.45, 2.75) is 12.2 Å². The lowest BCUT2D eigenvalue weighted by atomic mass is 10.0. The summed E-state index contributed by atoms with van der Waals surface area (Å²) in [5.74, 6) is -1.14. The van der Waals surface area contributed by atoms with Gasteiger partial charge in [-0.2, -0.15) is 0 Å². The number of hydrogen-bond donors (Lipinski definition) is 3. The molecule has 0 fully saturated rings. The van der Waals surface area contributed by atoms with Gasteiger partial charge in [-0.1, -0.05) is 18.2 Å². The summed E-state index contributed by atoms with van der Waals surface area (Å²) in [6.07, 6.45) is -3.36. The molecule has 0 amide bonds. The van der Waals surface area contributed by atoms with Gasteiger partial charge in [-0.25, -0.2) is 4.79 Å². The van der Waals surface area contributed by atoms with Crippen molar-refractivity contribution in [1.82, 2.24) is 0 Å². The SMILES string of the molecule is COc1ccccc1C(O)C(O)C(=O)O. The van der Waals surface area contributed by atoms with Crippen LogP contribution >= 0.6 is 0 Å². The average Bonchev–Trinajstić information content (AvgIpc) is 2.26. The van der Waals surface area contributed by atoms with Gasteiger partial charge in [0.15, 0.2) is 6.10 Å². The topological polar surface area (TPSA) is 87.0 Å². The standard InChI is InChI=1S/C10H12O5/c1-15-7-5-3-2-4-6(7)8(11)9(12)10(13)14/h2-5,8-9,11-12H,1H3,(H,13,14). The Bertz CT molecular complexity index is 349. The van der Waals surface area contributed by atoms with Crippen LogP contribution in [0.25, 0.3) is 0 Å². The van der Waals surface area contributed by atoms with Gasteiger partial charge in [0.25, 0.3) is 0 Å². The van der Waals surface area contributed by atoms with Gasteiger partial charge in [0, 0.05) is 5.56 Å². The van der Waals surface area contributed by atoms with E-state index in [1.54, 1.807) is 18.2 Å². The van der Waals surface area contributed by atoms with E-state index in [1.807, 2.05) is 0 Å². The predicted octanol–water partition coefficient (Wildman–Crippen LogP) is 0.174. The molecule has 5 heteroatoms. The molecule has 0 heterocycles. The molecular weight excluding hydrogens is 200 g/mol. The fraction of sp³-hybridized carbons (Fsp3) is 0.300. The lowest BCUT2D eigenvalue weighted by Crippen LogP contribution is -2.27. The molecule has 0 saturated carbocycles. The third kappa shape index (κ3) is 2.45. The molecule has 15 heavy (non-hydrogen) atoms. The quantitative estimate of drug-likeness (QED) is 0.662. The Hall–Kier alpha value is -1.59. The number of methoxy groups -OCH3 is 1. The van der Waals surface area contributed by atoms with Crippen molar-refractivity contribution in [3.63, 3.8) is 0 Å². The van der Waals surface area contributed by atoms with E-state index in [1.165, 1.54) is 13.2 Å². The van der Waals surface area contributed by atoms with Crippen LogP contribution in [0.2, 0.25) is 0 Å². The van der Waals surface area contributed by atoms with Crippen LogP contribution in [0.1, 0.15) is 11.7 Å². The third-order valence-electron chi connectivity index (χ3n) is 2.01. The Labute approximate surface area is 86.5 Å². The highest BCUT2D eigenvalue weighted by Gasteiger charge is 2.27. The van der Waals surface area contributed by atoms with Gasteiger partial charge < -0.3 is 20.1 Å². The summed E-state index contributed by atoms with van der Waals surface area (Å²) in [6.45, 7) is 0. The van der Waals surface area contributed by atoms with E-state index in [-0.39, 0.29) is 5.56 Å². The summed E-state index contributed by atoms with van der Waals surface area (Å²) in [7, 11) is 1.40. The van der Waals surface area contributed by atoms with E-state index in [0.29, 0.717) is 5.75 Å². The summed E-state index contributed by atoms with van der Waals surface area (Å²) in [6, 6.07) is 6.38. The van der Waals surface area contributed by atoms with E-state index in [9.17, 15) is 9.90 Å². The van der Waals surface area contributed by atoms with Crippen molar-refractivity contribution >= 4 is 5.97 Å². The van der Waals surface area contributed by atoms with Crippen LogP contribution in [-0.4, -0.2) is 34.5 Å². The summed E-state index contributed by atoms with van der Waals surface area (Å²) in [5.41, 5.74) is 0.245. The number of hydrogen-bond acceptors (Lipinski definition) is 4. The summed E-state index contributed by atoms with van der Waals surface area (Å²) in [4.78, 5) is 10.5. The van der Waals surface area contributed by atoms with Crippen LogP contribution in [0.3, 0.4) is 0 Å². The monoisotopic (exact) mass is 212 g/mol. The molecule has 1 aromatic carbocycles. The number of carboxylic acid groups (broad SMARTS) is 1. The fourth-order valence-corrected chi connectivity index (χ4v) is 1.22. The largest absolute Gasteiger partial charge is 0.496 e. The minimum atomic E-state index is -1.86. The summed E-state index contributed by atoms with van der Waals surface area (Å²) in [5, 5.41) is 27.3. The molecule has 0 aromatic heterocycles. The van der Waals surface area contributed by atoms with E-state index in [4.69, 9.17) is 14.9 Å². The molecule has 5 nitrogen and oxygen atoms in total. The number of aliphatic hydroxyl groups is 2. The molecule has 0 aliphatic carbocycles. The highest BCUT2D eigenvalue weighted by atomic mass is 16.5. The lowest BCUT2D eigenvalue weighted by molar-refractivity contribution is -0.153. The molecule has 82 valence electrons. The molecule has 3 N–H and O–H groups in total. The van der Waals surface area contributed by atoms with Crippen molar-refractivity contribution in [2.24, 2.45) is 0 Å². The van der Waals surface area contributed by atoms with Crippen molar-refractivity contribution in [2.75, 3.05) is 7.11 Å². The number of ether oxygens (including phenoxy) is 1. The molecule has 0 aliphatic rings. The maximum atomic E-state index is 10.5. The van der Waals surface area contributed by atoms with Crippen molar-refractivity contribution in [3.8, 4) is 5.75 Å². The molecule has 1 rings (SSSR count). The first-order valence-corrected chi connectivity index (χ1v) is 4.29. The Morgan fingerprint density at radius 2 is 1.93 bits per heavy atom. The molecule has 0 aliphatic heterocycles. The average molecular weight is 212 g/mol. The highest BCUT2D eigenvalue weighted by molar-refractivity contribution is 5.73. The highest BCUT2D eigenvalue weighted by Crippen LogP contribution is 2.26. The van der Waals surface area contributed by atoms with Gasteiger partial charge >= 0.3 is 5.97 Å². The first-order valence-electron chi connectivity index (χ1n) is 4.29. The van der Waals surface area contributed by atoms with Gasteiger partial charge in [-0.3, -0.25) is 0 Å². The van der Waals surface area contributed by atoms with Crippen molar-refractivity contribution in [3.05, 3.63) is 29.8 Å². The molecule has 0 saturated heterocycles. The Morgan fingerprint density at radius 1 is 1.33 bits per heavy atom. The molecule has 2 unspecified atom stereocenters. The number of para-hydroxylation sites is 1.